The van der Waals surface area contributed by atoms with E-state index in [1.54, 1.807) is 25.1 Å². The minimum absolute atomic E-state index is 0.0274. The van der Waals surface area contributed by atoms with Crippen LogP contribution in [0.2, 0.25) is 0 Å². The van der Waals surface area contributed by atoms with E-state index >= 15 is 0 Å². The van der Waals surface area contributed by atoms with E-state index in [4.69, 9.17) is 4.74 Å². The molecule has 0 unspecified atom stereocenters. The zero-order chi connectivity index (χ0) is 22.2. The number of nitrogens with one attached hydrogen (secondary N) is 2. The molecule has 2 aromatic carbocycles. The maximum atomic E-state index is 12.4. The maximum Gasteiger partial charge on any atom is 0.413 e. The molecule has 9 nitrogen and oxygen atoms in total. The quantitative estimate of drug-likeness (QED) is 0.306. The Bertz CT molecular complexity index is 1110. The van der Waals surface area contributed by atoms with E-state index in [0.29, 0.717) is 16.3 Å². The molecule has 158 valence electrons. The summed E-state index contributed by atoms with van der Waals surface area (Å²) in [4.78, 5) is 38.8. The summed E-state index contributed by atoms with van der Waals surface area (Å²) in [5, 5.41) is 16.8. The number of carbonyl (C=O) groups excluding carboxylic acids is 2. The summed E-state index contributed by atoms with van der Waals surface area (Å²) in [5.41, 5.74) is 1.89. The first-order valence-corrected chi connectivity index (χ1v) is 10.0. The van der Waals surface area contributed by atoms with Gasteiger partial charge in [0.2, 0.25) is 5.91 Å². The molecule has 3 aromatic rings. The van der Waals surface area contributed by atoms with Crippen molar-refractivity contribution in [3.8, 4) is 11.3 Å². The van der Waals surface area contributed by atoms with Crippen molar-refractivity contribution in [1.29, 1.82) is 0 Å². The average molecular weight is 438 g/mol. The minimum Gasteiger partial charge on any atom is -0.450 e. The van der Waals surface area contributed by atoms with Gasteiger partial charge in [0.25, 0.3) is 5.69 Å². The molecule has 0 atom stereocenters. The van der Waals surface area contributed by atoms with Crippen LogP contribution in [0, 0.1) is 10.1 Å². The molecule has 10 heteroatoms. The molecule has 1 heterocycles. The highest BCUT2D eigenvalue weighted by Crippen LogP contribution is 2.36. The van der Waals surface area contributed by atoms with Gasteiger partial charge < -0.3 is 10.1 Å². The number of carbonyl (C=O) groups is 2. The molecule has 3 rings (SSSR count). The summed E-state index contributed by atoms with van der Waals surface area (Å²) in [5.74, 6) is -0.415. The fraction of sp³-hybridized carbons (Fsp3) is 0.0952. The highest BCUT2D eigenvalue weighted by Gasteiger charge is 2.16. The molecular weight excluding hydrogens is 420 g/mol. The van der Waals surface area contributed by atoms with Gasteiger partial charge in [0.15, 0.2) is 5.13 Å². The van der Waals surface area contributed by atoms with Crippen LogP contribution in [-0.4, -0.2) is 28.5 Å². The third kappa shape index (κ3) is 5.97. The first-order chi connectivity index (χ1) is 15.0. The molecule has 2 N–H and O–H groups in total. The Labute approximate surface area is 181 Å². The minimum atomic E-state index is -0.633. The number of ether oxygens (including phenoxy) is 1. The number of benzene rings is 2. The lowest BCUT2D eigenvalue weighted by molar-refractivity contribution is -0.384. The van der Waals surface area contributed by atoms with Crippen molar-refractivity contribution in [2.75, 3.05) is 17.2 Å². The number of nitro benzene ring substituents is 1. The van der Waals surface area contributed by atoms with Gasteiger partial charge in [-0.25, -0.2) is 9.78 Å². The molecule has 0 aliphatic rings. The molecule has 0 saturated carbocycles. The van der Waals surface area contributed by atoms with Crippen molar-refractivity contribution in [2.24, 2.45) is 0 Å². The van der Waals surface area contributed by atoms with Gasteiger partial charge in [0.1, 0.15) is 10.7 Å². The number of hydrogen-bond donors (Lipinski definition) is 2. The van der Waals surface area contributed by atoms with Crippen LogP contribution in [0.15, 0.2) is 60.7 Å². The van der Waals surface area contributed by atoms with Gasteiger partial charge in [0, 0.05) is 23.8 Å². The van der Waals surface area contributed by atoms with Crippen LogP contribution in [0.25, 0.3) is 17.3 Å². The summed E-state index contributed by atoms with van der Waals surface area (Å²) in [6.45, 7) is 1.92. The van der Waals surface area contributed by atoms with Gasteiger partial charge in [0.05, 0.1) is 11.5 Å². The van der Waals surface area contributed by atoms with Gasteiger partial charge in [-0.3, -0.25) is 20.2 Å². The number of nitro groups is 1. The molecule has 0 aliphatic heterocycles. The fourth-order valence-corrected chi connectivity index (χ4v) is 3.41. The standard InChI is InChI=1S/C21H18N4O5S/c1-2-30-21(27)24-20-23-18(15-6-4-3-5-7-15)19(31-20)22-17(26)13-10-14-8-11-16(12-9-14)25(28)29/h3-13H,2H2,1H3,(H,22,26)(H,23,24,27)/b13-10-. The summed E-state index contributed by atoms with van der Waals surface area (Å²) in [6, 6.07) is 15.0. The highest BCUT2D eigenvalue weighted by molar-refractivity contribution is 7.20. The lowest BCUT2D eigenvalue weighted by Crippen LogP contribution is -2.12. The Morgan fingerprint density at radius 1 is 1.13 bits per heavy atom. The Morgan fingerprint density at radius 2 is 1.84 bits per heavy atom. The molecule has 0 saturated heterocycles. The van der Waals surface area contributed by atoms with Crippen LogP contribution in [0.1, 0.15) is 12.5 Å². The van der Waals surface area contributed by atoms with Crippen molar-refractivity contribution in [3.05, 3.63) is 76.4 Å². The smallest absolute Gasteiger partial charge is 0.413 e. The summed E-state index contributed by atoms with van der Waals surface area (Å²) >= 11 is 1.10. The third-order valence-electron chi connectivity index (χ3n) is 3.93. The van der Waals surface area contributed by atoms with E-state index in [-0.39, 0.29) is 17.4 Å². The molecular formula is C21H18N4O5S. The Balaban J connectivity index is 1.78. The SMILES string of the molecule is CCOC(=O)Nc1nc(-c2ccccc2)c(NC(=O)/C=C\c2ccc([N+](=O)[O-])cc2)s1. The second kappa shape index (κ2) is 10.1. The molecule has 0 radical (unpaired) electrons. The highest BCUT2D eigenvalue weighted by atomic mass is 32.1. The van der Waals surface area contributed by atoms with Crippen LogP contribution in [0.4, 0.5) is 20.6 Å². The van der Waals surface area contributed by atoms with Crippen molar-refractivity contribution >= 4 is 45.2 Å². The predicted molar refractivity (Wildman–Crippen MR) is 119 cm³/mol. The molecule has 1 aromatic heterocycles. The summed E-state index contributed by atoms with van der Waals surface area (Å²) in [7, 11) is 0. The lowest BCUT2D eigenvalue weighted by atomic mass is 10.1. The van der Waals surface area contributed by atoms with Crippen LogP contribution >= 0.6 is 11.3 Å². The number of amides is 2. The number of thiazole rings is 1. The number of nitrogens with zero attached hydrogens (tertiary/aromatic N) is 2. The summed E-state index contributed by atoms with van der Waals surface area (Å²) < 4.78 is 4.87. The molecule has 31 heavy (non-hydrogen) atoms. The predicted octanol–water partition coefficient (Wildman–Crippen LogP) is 4.94. The van der Waals surface area contributed by atoms with E-state index in [1.807, 2.05) is 30.3 Å². The van der Waals surface area contributed by atoms with Crippen LogP contribution in [0.5, 0.6) is 0 Å². The molecule has 0 aliphatic carbocycles. The topological polar surface area (TPSA) is 123 Å². The number of hydrogen-bond acceptors (Lipinski definition) is 7. The number of rotatable bonds is 7. The average Bonchev–Trinajstić information content (AvgIpc) is 3.15. The third-order valence-corrected chi connectivity index (χ3v) is 4.81. The van der Waals surface area contributed by atoms with E-state index < -0.39 is 16.9 Å². The molecule has 0 spiro atoms. The molecule has 0 fully saturated rings. The van der Waals surface area contributed by atoms with Gasteiger partial charge in [-0.1, -0.05) is 41.7 Å². The van der Waals surface area contributed by atoms with E-state index in [2.05, 4.69) is 15.6 Å². The van der Waals surface area contributed by atoms with E-state index in [9.17, 15) is 19.7 Å². The Hall–Kier alpha value is -4.05. The number of aromatic nitrogens is 1. The summed E-state index contributed by atoms with van der Waals surface area (Å²) in [6.07, 6.45) is 2.22. The van der Waals surface area contributed by atoms with Gasteiger partial charge in [-0.15, -0.1) is 0 Å². The van der Waals surface area contributed by atoms with Crippen molar-refractivity contribution < 1.29 is 19.2 Å². The maximum absolute atomic E-state index is 12.4. The van der Waals surface area contributed by atoms with Gasteiger partial charge in [-0.2, -0.15) is 0 Å². The Kier molecular flexibility index (Phi) is 7.07. The zero-order valence-corrected chi connectivity index (χ0v) is 17.2. The fourth-order valence-electron chi connectivity index (χ4n) is 2.54. The normalized spacial score (nSPS) is 10.6. The second-order valence-electron chi connectivity index (χ2n) is 6.08. The van der Waals surface area contributed by atoms with Crippen LogP contribution in [-0.2, 0) is 9.53 Å². The van der Waals surface area contributed by atoms with Crippen molar-refractivity contribution in [2.45, 2.75) is 6.92 Å². The molecule has 2 amide bonds. The zero-order valence-electron chi connectivity index (χ0n) is 16.4. The van der Waals surface area contributed by atoms with E-state index in [0.717, 1.165) is 16.9 Å². The first kappa shape index (κ1) is 21.7. The van der Waals surface area contributed by atoms with E-state index in [1.165, 1.54) is 18.2 Å². The van der Waals surface area contributed by atoms with Crippen molar-refractivity contribution in [1.82, 2.24) is 4.98 Å². The van der Waals surface area contributed by atoms with Gasteiger partial charge >= 0.3 is 6.09 Å². The first-order valence-electron chi connectivity index (χ1n) is 9.20. The lowest BCUT2D eigenvalue weighted by Gasteiger charge is -2.02. The van der Waals surface area contributed by atoms with Crippen molar-refractivity contribution in [3.63, 3.8) is 0 Å². The number of non-ortho nitro benzene ring substituents is 1. The van der Waals surface area contributed by atoms with Crippen LogP contribution < -0.4 is 10.6 Å². The number of anilines is 2. The molecule has 0 bridgehead atoms. The van der Waals surface area contributed by atoms with Gasteiger partial charge in [-0.05, 0) is 30.7 Å². The largest absolute Gasteiger partial charge is 0.450 e. The Morgan fingerprint density at radius 3 is 2.48 bits per heavy atom. The second-order valence-corrected chi connectivity index (χ2v) is 7.08. The monoisotopic (exact) mass is 438 g/mol. The van der Waals surface area contributed by atoms with Crippen LogP contribution in [0.3, 0.4) is 0 Å².